The molecule has 7 heteroatoms. The highest BCUT2D eigenvalue weighted by Crippen LogP contribution is 2.18. The summed E-state index contributed by atoms with van der Waals surface area (Å²) in [6.45, 7) is 0. The average Bonchev–Trinajstić information content (AvgIpc) is 3.24. The number of nitrogens with zero attached hydrogens (tertiary/aromatic N) is 1. The Kier molecular flexibility index (Phi) is 7.94. The summed E-state index contributed by atoms with van der Waals surface area (Å²) in [5.74, 6) is 0. The van der Waals surface area contributed by atoms with E-state index in [1.807, 2.05) is 36.4 Å². The molecule has 3 aromatic carbocycles. The molecule has 0 aliphatic carbocycles. The van der Waals surface area contributed by atoms with E-state index in [1.54, 1.807) is 18.2 Å². The molecule has 0 radical (unpaired) electrons. The number of rotatable bonds is 6. The first-order valence-corrected chi connectivity index (χ1v) is 11.4. The van der Waals surface area contributed by atoms with Crippen LogP contribution in [0.5, 0.6) is 0 Å². The molecule has 1 aliphatic rings. The predicted molar refractivity (Wildman–Crippen MR) is 121 cm³/mol. The van der Waals surface area contributed by atoms with Gasteiger partial charge in [0.15, 0.2) is 0 Å². The van der Waals surface area contributed by atoms with E-state index < -0.39 is 10.1 Å². The SMILES string of the molecule is NC(Cc1ccccc1)C1CC(Cc2ccccc2)=NO1.O=S(=O)(O)c1ccccc1. The zero-order valence-corrected chi connectivity index (χ0v) is 17.9. The van der Waals surface area contributed by atoms with E-state index in [0.29, 0.717) is 0 Å². The molecule has 0 amide bonds. The number of hydrogen-bond acceptors (Lipinski definition) is 5. The van der Waals surface area contributed by atoms with Gasteiger partial charge in [0.2, 0.25) is 0 Å². The smallest absolute Gasteiger partial charge is 0.294 e. The second kappa shape index (κ2) is 10.9. The molecule has 0 bridgehead atoms. The molecule has 4 rings (SSSR count). The molecule has 162 valence electrons. The summed E-state index contributed by atoms with van der Waals surface area (Å²) in [7, 11) is -4.00. The van der Waals surface area contributed by atoms with Crippen LogP contribution in [0.1, 0.15) is 17.5 Å². The minimum atomic E-state index is -4.00. The van der Waals surface area contributed by atoms with Crippen LogP contribution in [-0.4, -0.2) is 30.8 Å². The first-order chi connectivity index (χ1) is 14.9. The summed E-state index contributed by atoms with van der Waals surface area (Å²) >= 11 is 0. The van der Waals surface area contributed by atoms with E-state index in [1.165, 1.54) is 23.3 Å². The first kappa shape index (κ1) is 22.7. The highest BCUT2D eigenvalue weighted by Gasteiger charge is 2.27. The quantitative estimate of drug-likeness (QED) is 0.569. The van der Waals surface area contributed by atoms with Gasteiger partial charge in [-0.05, 0) is 29.7 Å². The summed E-state index contributed by atoms with van der Waals surface area (Å²) in [6, 6.07) is 28.0. The molecule has 0 fully saturated rings. The van der Waals surface area contributed by atoms with E-state index in [4.69, 9.17) is 15.1 Å². The van der Waals surface area contributed by atoms with Crippen molar-refractivity contribution in [1.29, 1.82) is 0 Å². The molecule has 0 aromatic heterocycles. The number of hydrogen-bond donors (Lipinski definition) is 2. The van der Waals surface area contributed by atoms with E-state index in [2.05, 4.69) is 29.4 Å². The molecule has 1 aliphatic heterocycles. The lowest BCUT2D eigenvalue weighted by atomic mass is 9.97. The Labute approximate surface area is 183 Å². The first-order valence-electron chi connectivity index (χ1n) is 9.99. The second-order valence-electron chi connectivity index (χ2n) is 7.31. The normalized spacial score (nSPS) is 16.5. The van der Waals surface area contributed by atoms with Crippen molar-refractivity contribution in [3.63, 3.8) is 0 Å². The van der Waals surface area contributed by atoms with Crippen LogP contribution in [0.2, 0.25) is 0 Å². The summed E-state index contributed by atoms with van der Waals surface area (Å²) < 4.78 is 29.2. The van der Waals surface area contributed by atoms with Gasteiger partial charge < -0.3 is 10.6 Å². The minimum absolute atomic E-state index is 0.0103. The third-order valence-corrected chi connectivity index (χ3v) is 5.71. The van der Waals surface area contributed by atoms with E-state index >= 15 is 0 Å². The van der Waals surface area contributed by atoms with Crippen LogP contribution in [0, 0.1) is 0 Å². The van der Waals surface area contributed by atoms with Gasteiger partial charge in [0.1, 0.15) is 6.10 Å². The molecule has 0 spiro atoms. The van der Waals surface area contributed by atoms with Crippen molar-refractivity contribution in [3.05, 3.63) is 102 Å². The molecule has 6 nitrogen and oxygen atoms in total. The van der Waals surface area contributed by atoms with E-state index in [9.17, 15) is 8.42 Å². The predicted octanol–water partition coefficient (Wildman–Crippen LogP) is 3.88. The van der Waals surface area contributed by atoms with Crippen LogP contribution in [0.4, 0.5) is 0 Å². The Morgan fingerprint density at radius 2 is 1.42 bits per heavy atom. The third-order valence-electron chi connectivity index (χ3n) is 4.84. The van der Waals surface area contributed by atoms with Gasteiger partial charge >= 0.3 is 0 Å². The monoisotopic (exact) mass is 438 g/mol. The molecule has 1 heterocycles. The molecule has 2 atom stereocenters. The van der Waals surface area contributed by atoms with Crippen molar-refractivity contribution < 1.29 is 17.8 Å². The maximum atomic E-state index is 10.4. The van der Waals surface area contributed by atoms with Crippen molar-refractivity contribution in [2.75, 3.05) is 0 Å². The standard InChI is InChI=1S/C18H20N2O.C6H6O3S/c19-17(12-15-9-5-2-6-10-15)18-13-16(20-21-18)11-14-7-3-1-4-8-14;7-10(8,9)6-4-2-1-3-5-6/h1-10,17-18H,11-13,19H2;1-5H,(H,7,8,9). The van der Waals surface area contributed by atoms with Gasteiger partial charge in [-0.2, -0.15) is 8.42 Å². The van der Waals surface area contributed by atoms with Crippen LogP contribution < -0.4 is 5.73 Å². The second-order valence-corrected chi connectivity index (χ2v) is 8.73. The van der Waals surface area contributed by atoms with Crippen LogP contribution in [0.3, 0.4) is 0 Å². The van der Waals surface area contributed by atoms with Crippen molar-refractivity contribution in [1.82, 2.24) is 0 Å². The Hall–Kier alpha value is -3.00. The Morgan fingerprint density at radius 1 is 0.903 bits per heavy atom. The van der Waals surface area contributed by atoms with Gasteiger partial charge in [-0.1, -0.05) is 84.0 Å². The zero-order valence-electron chi connectivity index (χ0n) is 17.0. The minimum Gasteiger partial charge on any atom is -0.390 e. The topological polar surface area (TPSA) is 102 Å². The molecule has 0 saturated carbocycles. The fraction of sp³-hybridized carbons (Fsp3) is 0.208. The van der Waals surface area contributed by atoms with Crippen LogP contribution >= 0.6 is 0 Å². The summed E-state index contributed by atoms with van der Waals surface area (Å²) in [6.07, 6.45) is 2.47. The number of nitrogens with two attached hydrogens (primary N) is 1. The summed E-state index contributed by atoms with van der Waals surface area (Å²) in [5.41, 5.74) is 9.85. The molecule has 2 unspecified atom stereocenters. The van der Waals surface area contributed by atoms with E-state index in [0.717, 1.165) is 25.0 Å². The van der Waals surface area contributed by atoms with Crippen molar-refractivity contribution >= 4 is 15.8 Å². The molecule has 3 aromatic rings. The van der Waals surface area contributed by atoms with Crippen molar-refractivity contribution in [3.8, 4) is 0 Å². The van der Waals surface area contributed by atoms with E-state index in [-0.39, 0.29) is 17.0 Å². The number of benzene rings is 3. The van der Waals surface area contributed by atoms with Gasteiger partial charge in [-0.15, -0.1) is 0 Å². The zero-order chi connectivity index (χ0) is 22.1. The molecular weight excluding hydrogens is 412 g/mol. The Morgan fingerprint density at radius 3 is 1.94 bits per heavy atom. The number of oxime groups is 1. The average molecular weight is 439 g/mol. The lowest BCUT2D eigenvalue weighted by Gasteiger charge is -2.17. The van der Waals surface area contributed by atoms with Crippen LogP contribution in [-0.2, 0) is 27.8 Å². The summed E-state index contributed by atoms with van der Waals surface area (Å²) in [4.78, 5) is 5.46. The highest BCUT2D eigenvalue weighted by atomic mass is 32.2. The molecular formula is C24H26N2O4S. The van der Waals surface area contributed by atoms with Gasteiger partial charge in [0.05, 0.1) is 10.6 Å². The van der Waals surface area contributed by atoms with Gasteiger partial charge in [-0.25, -0.2) is 0 Å². The van der Waals surface area contributed by atoms with Crippen molar-refractivity contribution in [2.24, 2.45) is 10.9 Å². The lowest BCUT2D eigenvalue weighted by Crippen LogP contribution is -2.36. The maximum Gasteiger partial charge on any atom is 0.294 e. The highest BCUT2D eigenvalue weighted by molar-refractivity contribution is 7.85. The van der Waals surface area contributed by atoms with Gasteiger partial charge in [0.25, 0.3) is 10.1 Å². The lowest BCUT2D eigenvalue weighted by molar-refractivity contribution is 0.0659. The molecule has 0 saturated heterocycles. The Bertz CT molecular complexity index is 1070. The fourth-order valence-corrected chi connectivity index (χ4v) is 3.73. The van der Waals surface area contributed by atoms with Crippen LogP contribution in [0.15, 0.2) is 101 Å². The largest absolute Gasteiger partial charge is 0.390 e. The Balaban J connectivity index is 0.000000229. The van der Waals surface area contributed by atoms with Crippen LogP contribution in [0.25, 0.3) is 0 Å². The fourth-order valence-electron chi connectivity index (χ4n) is 3.22. The summed E-state index contributed by atoms with van der Waals surface area (Å²) in [5, 5.41) is 4.21. The molecule has 3 N–H and O–H groups in total. The maximum absolute atomic E-state index is 10.4. The molecule has 31 heavy (non-hydrogen) atoms. The van der Waals surface area contributed by atoms with Gasteiger partial charge in [0, 0.05) is 18.9 Å². The van der Waals surface area contributed by atoms with Crippen molar-refractivity contribution in [2.45, 2.75) is 36.3 Å². The van der Waals surface area contributed by atoms with Gasteiger partial charge in [-0.3, -0.25) is 4.55 Å². The third kappa shape index (κ3) is 7.32.